The number of rotatable bonds is 3. The van der Waals surface area contributed by atoms with Crippen LogP contribution in [0.5, 0.6) is 5.88 Å². The summed E-state index contributed by atoms with van der Waals surface area (Å²) >= 11 is 0. The quantitative estimate of drug-likeness (QED) is 0.832. The second kappa shape index (κ2) is 4.33. The van der Waals surface area contributed by atoms with Gasteiger partial charge in [0.2, 0.25) is 5.88 Å². The molecule has 17 heavy (non-hydrogen) atoms. The average Bonchev–Trinajstić information content (AvgIpc) is 2.96. The molecule has 0 aliphatic carbocycles. The highest BCUT2D eigenvalue weighted by Crippen LogP contribution is 2.18. The van der Waals surface area contributed by atoms with E-state index in [1.54, 1.807) is 7.11 Å². The van der Waals surface area contributed by atoms with Gasteiger partial charge in [-0.05, 0) is 31.5 Å². The molecule has 3 heterocycles. The molecule has 1 aliphatic rings. The van der Waals surface area contributed by atoms with Crippen molar-refractivity contribution < 1.29 is 4.74 Å². The molecule has 0 aromatic carbocycles. The first-order valence-corrected chi connectivity index (χ1v) is 5.95. The SMILES string of the molecule is COc1ccc2[nH]c(CC3CCNC3)nc2n1. The Morgan fingerprint density at radius 2 is 2.35 bits per heavy atom. The molecule has 0 bridgehead atoms. The summed E-state index contributed by atoms with van der Waals surface area (Å²) in [5.41, 5.74) is 1.72. The van der Waals surface area contributed by atoms with Gasteiger partial charge in [0.25, 0.3) is 0 Å². The zero-order valence-corrected chi connectivity index (χ0v) is 9.86. The Kier molecular flexibility index (Phi) is 2.68. The molecule has 1 fully saturated rings. The maximum atomic E-state index is 5.09. The molecule has 2 aromatic heterocycles. The van der Waals surface area contributed by atoms with Crippen LogP contribution in [0.3, 0.4) is 0 Å². The predicted octanol–water partition coefficient (Wildman–Crippen LogP) is 1.12. The van der Waals surface area contributed by atoms with Gasteiger partial charge in [0.15, 0.2) is 5.65 Å². The van der Waals surface area contributed by atoms with E-state index in [2.05, 4.69) is 20.3 Å². The summed E-state index contributed by atoms with van der Waals surface area (Å²) in [6.45, 7) is 2.21. The molecule has 90 valence electrons. The van der Waals surface area contributed by atoms with Gasteiger partial charge in [0.1, 0.15) is 5.82 Å². The fraction of sp³-hybridized carbons (Fsp3) is 0.500. The van der Waals surface area contributed by atoms with E-state index in [-0.39, 0.29) is 0 Å². The first kappa shape index (κ1) is 10.5. The zero-order chi connectivity index (χ0) is 11.7. The van der Waals surface area contributed by atoms with Crippen LogP contribution >= 0.6 is 0 Å². The molecule has 3 rings (SSSR count). The highest BCUT2D eigenvalue weighted by molar-refractivity contribution is 5.71. The first-order chi connectivity index (χ1) is 8.35. The molecular weight excluding hydrogens is 216 g/mol. The number of imidazole rings is 1. The number of methoxy groups -OCH3 is 1. The number of aromatic amines is 1. The summed E-state index contributed by atoms with van der Waals surface area (Å²) in [5.74, 6) is 2.32. The lowest BCUT2D eigenvalue weighted by Crippen LogP contribution is -2.11. The third-order valence-electron chi connectivity index (χ3n) is 3.22. The number of fused-ring (bicyclic) bond motifs is 1. The zero-order valence-electron chi connectivity index (χ0n) is 9.86. The van der Waals surface area contributed by atoms with Crippen molar-refractivity contribution in [2.24, 2.45) is 5.92 Å². The maximum absolute atomic E-state index is 5.09. The van der Waals surface area contributed by atoms with Crippen LogP contribution in [0.2, 0.25) is 0 Å². The van der Waals surface area contributed by atoms with Crippen molar-refractivity contribution in [1.29, 1.82) is 0 Å². The molecule has 0 spiro atoms. The second-order valence-electron chi connectivity index (χ2n) is 4.47. The van der Waals surface area contributed by atoms with Crippen molar-refractivity contribution in [2.75, 3.05) is 20.2 Å². The molecular formula is C12H16N4O. The standard InChI is InChI=1S/C12H16N4O/c1-17-11-3-2-9-12(16-11)15-10(14-9)6-8-4-5-13-7-8/h2-3,8,13H,4-7H2,1H3,(H,14,15,16). The van der Waals surface area contributed by atoms with Gasteiger partial charge in [0, 0.05) is 12.5 Å². The van der Waals surface area contributed by atoms with Crippen molar-refractivity contribution in [3.63, 3.8) is 0 Å². The lowest BCUT2D eigenvalue weighted by atomic mass is 10.1. The Morgan fingerprint density at radius 1 is 1.41 bits per heavy atom. The lowest BCUT2D eigenvalue weighted by Gasteiger charge is -2.03. The van der Waals surface area contributed by atoms with Crippen molar-refractivity contribution in [2.45, 2.75) is 12.8 Å². The van der Waals surface area contributed by atoms with Gasteiger partial charge < -0.3 is 15.0 Å². The minimum atomic E-state index is 0.609. The number of ether oxygens (including phenoxy) is 1. The molecule has 5 nitrogen and oxygen atoms in total. The second-order valence-corrected chi connectivity index (χ2v) is 4.47. The van der Waals surface area contributed by atoms with Crippen LogP contribution in [0.1, 0.15) is 12.2 Å². The van der Waals surface area contributed by atoms with Gasteiger partial charge in [-0.15, -0.1) is 0 Å². The summed E-state index contributed by atoms with van der Waals surface area (Å²) in [6.07, 6.45) is 2.22. The highest BCUT2D eigenvalue weighted by atomic mass is 16.5. The molecule has 0 amide bonds. The minimum Gasteiger partial charge on any atom is -0.481 e. The molecule has 1 aliphatic heterocycles. The van der Waals surface area contributed by atoms with Gasteiger partial charge in [-0.25, -0.2) is 4.98 Å². The van der Waals surface area contributed by atoms with Gasteiger partial charge in [-0.1, -0.05) is 0 Å². The molecule has 1 saturated heterocycles. The Morgan fingerprint density at radius 3 is 3.12 bits per heavy atom. The Labute approximate surface area is 99.6 Å². The Balaban J connectivity index is 1.85. The number of nitrogens with zero attached hydrogens (tertiary/aromatic N) is 2. The van der Waals surface area contributed by atoms with Crippen molar-refractivity contribution in [3.8, 4) is 5.88 Å². The molecule has 5 heteroatoms. The van der Waals surface area contributed by atoms with Crippen molar-refractivity contribution in [1.82, 2.24) is 20.3 Å². The van der Waals surface area contributed by atoms with Crippen LogP contribution in [0.25, 0.3) is 11.2 Å². The van der Waals surface area contributed by atoms with Gasteiger partial charge in [-0.3, -0.25) is 0 Å². The normalized spacial score (nSPS) is 19.9. The number of aromatic nitrogens is 3. The summed E-state index contributed by atoms with van der Waals surface area (Å²) in [6, 6.07) is 3.81. The monoisotopic (exact) mass is 232 g/mol. The van der Waals surface area contributed by atoms with Gasteiger partial charge in [-0.2, -0.15) is 4.98 Å². The molecule has 0 saturated carbocycles. The van der Waals surface area contributed by atoms with Crippen LogP contribution in [0.4, 0.5) is 0 Å². The van der Waals surface area contributed by atoms with Crippen molar-refractivity contribution >= 4 is 11.2 Å². The van der Waals surface area contributed by atoms with E-state index in [0.717, 1.165) is 36.5 Å². The predicted molar refractivity (Wildman–Crippen MR) is 65.1 cm³/mol. The molecule has 2 N–H and O–H groups in total. The van der Waals surface area contributed by atoms with Crippen LogP contribution in [-0.2, 0) is 6.42 Å². The van der Waals surface area contributed by atoms with E-state index >= 15 is 0 Å². The van der Waals surface area contributed by atoms with Crippen LogP contribution < -0.4 is 10.1 Å². The minimum absolute atomic E-state index is 0.609. The molecule has 0 radical (unpaired) electrons. The molecule has 2 aromatic rings. The van der Waals surface area contributed by atoms with Crippen LogP contribution in [0, 0.1) is 5.92 Å². The van der Waals surface area contributed by atoms with Crippen LogP contribution in [0.15, 0.2) is 12.1 Å². The Hall–Kier alpha value is -1.62. The third kappa shape index (κ3) is 2.10. The number of hydrogen-bond acceptors (Lipinski definition) is 4. The van der Waals surface area contributed by atoms with E-state index in [1.165, 1.54) is 6.42 Å². The highest BCUT2D eigenvalue weighted by Gasteiger charge is 2.17. The summed E-state index contributed by atoms with van der Waals surface area (Å²) in [4.78, 5) is 12.1. The summed E-state index contributed by atoms with van der Waals surface area (Å²) in [7, 11) is 1.62. The van der Waals surface area contributed by atoms with E-state index in [9.17, 15) is 0 Å². The number of hydrogen-bond donors (Lipinski definition) is 2. The number of H-pyrrole nitrogens is 1. The topological polar surface area (TPSA) is 62.8 Å². The number of nitrogens with one attached hydrogen (secondary N) is 2. The fourth-order valence-corrected chi connectivity index (χ4v) is 2.30. The van der Waals surface area contributed by atoms with E-state index in [4.69, 9.17) is 4.74 Å². The maximum Gasteiger partial charge on any atom is 0.215 e. The fourth-order valence-electron chi connectivity index (χ4n) is 2.30. The smallest absolute Gasteiger partial charge is 0.215 e. The molecule has 1 unspecified atom stereocenters. The molecule has 1 atom stereocenters. The first-order valence-electron chi connectivity index (χ1n) is 5.95. The van der Waals surface area contributed by atoms with Crippen LogP contribution in [-0.4, -0.2) is 35.2 Å². The van der Waals surface area contributed by atoms with E-state index in [1.807, 2.05) is 12.1 Å². The lowest BCUT2D eigenvalue weighted by molar-refractivity contribution is 0.399. The number of pyridine rings is 1. The van der Waals surface area contributed by atoms with Gasteiger partial charge >= 0.3 is 0 Å². The van der Waals surface area contributed by atoms with Gasteiger partial charge in [0.05, 0.1) is 12.6 Å². The summed E-state index contributed by atoms with van der Waals surface area (Å²) in [5, 5.41) is 3.37. The third-order valence-corrected chi connectivity index (χ3v) is 3.22. The average molecular weight is 232 g/mol. The van der Waals surface area contributed by atoms with E-state index < -0.39 is 0 Å². The largest absolute Gasteiger partial charge is 0.481 e. The van der Waals surface area contributed by atoms with E-state index in [0.29, 0.717) is 11.8 Å². The summed E-state index contributed by atoms with van der Waals surface area (Å²) < 4.78 is 5.09. The van der Waals surface area contributed by atoms with Crippen molar-refractivity contribution in [3.05, 3.63) is 18.0 Å². The Bertz CT molecular complexity index is 516.